The van der Waals surface area contributed by atoms with Crippen LogP contribution in [0.15, 0.2) is 21.7 Å². The number of hydrazone groups is 1. The summed E-state index contributed by atoms with van der Waals surface area (Å²) < 4.78 is 16.3. The fraction of sp³-hybridized carbons (Fsp3) is 0.400. The molecule has 0 aromatic heterocycles. The largest absolute Gasteiger partial charge is 0.493 e. The van der Waals surface area contributed by atoms with Crippen LogP contribution >= 0.6 is 28.1 Å². The zero-order chi connectivity index (χ0) is 17.9. The van der Waals surface area contributed by atoms with Gasteiger partial charge >= 0.3 is 5.97 Å². The first-order chi connectivity index (χ1) is 11.5. The molecule has 0 aliphatic carbocycles. The molecule has 0 amide bonds. The van der Waals surface area contributed by atoms with Gasteiger partial charge in [0.05, 0.1) is 19.9 Å². The Morgan fingerprint density at radius 3 is 2.75 bits per heavy atom. The Bertz CT molecular complexity index is 611. The van der Waals surface area contributed by atoms with Crippen LogP contribution in [0.25, 0.3) is 0 Å². The molecule has 132 valence electrons. The number of hydrogen-bond acceptors (Lipinski definition) is 6. The molecule has 0 heterocycles. The van der Waals surface area contributed by atoms with Crippen molar-refractivity contribution < 1.29 is 19.0 Å². The second kappa shape index (κ2) is 10.8. The first-order valence-electron chi connectivity index (χ1n) is 7.24. The maximum atomic E-state index is 11.4. The Hall–Kier alpha value is -1.87. The fourth-order valence-electron chi connectivity index (χ4n) is 1.62. The molecule has 9 heteroatoms. The second-order valence-electron chi connectivity index (χ2n) is 4.35. The Balaban J connectivity index is 2.81. The molecule has 0 aliphatic heterocycles. The smallest absolute Gasteiger partial charge is 0.344 e. The van der Waals surface area contributed by atoms with Crippen molar-refractivity contribution in [3.05, 3.63) is 22.2 Å². The molecular weight excluding hydrogens is 398 g/mol. The molecule has 1 aromatic rings. The summed E-state index contributed by atoms with van der Waals surface area (Å²) in [5, 5.41) is 7.40. The van der Waals surface area contributed by atoms with Gasteiger partial charge in [-0.1, -0.05) is 0 Å². The summed E-state index contributed by atoms with van der Waals surface area (Å²) in [5.41, 5.74) is 3.45. The van der Waals surface area contributed by atoms with Gasteiger partial charge in [0, 0.05) is 16.6 Å². The number of methoxy groups -OCH3 is 1. The van der Waals surface area contributed by atoms with Crippen LogP contribution in [0.4, 0.5) is 0 Å². The molecule has 0 fully saturated rings. The number of nitrogens with zero attached hydrogens (tertiary/aromatic N) is 1. The number of carbonyl (C=O) groups is 1. The van der Waals surface area contributed by atoms with Crippen molar-refractivity contribution in [1.29, 1.82) is 0 Å². The van der Waals surface area contributed by atoms with Crippen molar-refractivity contribution in [1.82, 2.24) is 10.7 Å². The van der Waals surface area contributed by atoms with Gasteiger partial charge in [-0.2, -0.15) is 5.10 Å². The number of hydrogen-bond donors (Lipinski definition) is 2. The molecule has 0 saturated carbocycles. The first kappa shape index (κ1) is 20.2. The molecule has 0 radical (unpaired) electrons. The predicted octanol–water partition coefficient (Wildman–Crippen LogP) is 2.22. The van der Waals surface area contributed by atoms with Crippen molar-refractivity contribution in [3.63, 3.8) is 0 Å². The highest BCUT2D eigenvalue weighted by molar-refractivity contribution is 9.10. The zero-order valence-electron chi connectivity index (χ0n) is 13.7. The monoisotopic (exact) mass is 417 g/mol. The molecule has 0 unspecified atom stereocenters. The van der Waals surface area contributed by atoms with Crippen LogP contribution in [0.1, 0.15) is 19.4 Å². The second-order valence-corrected chi connectivity index (χ2v) is 5.61. The molecule has 7 nitrogen and oxygen atoms in total. The minimum Gasteiger partial charge on any atom is -0.493 e. The molecule has 2 N–H and O–H groups in total. The summed E-state index contributed by atoms with van der Waals surface area (Å²) >= 11 is 8.44. The number of rotatable bonds is 8. The normalized spacial score (nSPS) is 10.3. The van der Waals surface area contributed by atoms with Crippen LogP contribution in [0.3, 0.4) is 0 Å². The van der Waals surface area contributed by atoms with Gasteiger partial charge in [0.2, 0.25) is 0 Å². The lowest BCUT2D eigenvalue weighted by Gasteiger charge is -2.12. The lowest BCUT2D eigenvalue weighted by atomic mass is 10.2. The van der Waals surface area contributed by atoms with Gasteiger partial charge in [-0.05, 0) is 54.1 Å². The number of thiocarbonyl (C=S) groups is 1. The van der Waals surface area contributed by atoms with Crippen molar-refractivity contribution in [2.45, 2.75) is 13.8 Å². The van der Waals surface area contributed by atoms with Crippen LogP contribution in [0, 0.1) is 0 Å². The van der Waals surface area contributed by atoms with Gasteiger partial charge in [-0.25, -0.2) is 4.79 Å². The van der Waals surface area contributed by atoms with Gasteiger partial charge in [0.1, 0.15) is 0 Å². The SMILES string of the molecule is CCNC(=S)N/N=C\c1cc(OC)c(OCC(=O)OCC)cc1Br. The van der Waals surface area contributed by atoms with Crippen LogP contribution in [0.2, 0.25) is 0 Å². The van der Waals surface area contributed by atoms with E-state index in [1.807, 2.05) is 6.92 Å². The lowest BCUT2D eigenvalue weighted by Crippen LogP contribution is -2.31. The van der Waals surface area contributed by atoms with Crippen molar-refractivity contribution in [2.24, 2.45) is 5.10 Å². The highest BCUT2D eigenvalue weighted by Gasteiger charge is 2.11. The molecule has 0 atom stereocenters. The molecule has 0 aliphatic rings. The van der Waals surface area contributed by atoms with Crippen LogP contribution < -0.4 is 20.2 Å². The van der Waals surface area contributed by atoms with Gasteiger partial charge in [-0.15, -0.1) is 0 Å². The van der Waals surface area contributed by atoms with E-state index >= 15 is 0 Å². The van der Waals surface area contributed by atoms with Gasteiger partial charge < -0.3 is 19.5 Å². The number of carbonyl (C=O) groups excluding carboxylic acids is 1. The third-order valence-electron chi connectivity index (χ3n) is 2.64. The third-order valence-corrected chi connectivity index (χ3v) is 3.56. The van der Waals surface area contributed by atoms with E-state index in [0.717, 1.165) is 10.0 Å². The minimum atomic E-state index is -0.442. The third kappa shape index (κ3) is 6.71. The number of halogens is 1. The summed E-state index contributed by atoms with van der Waals surface area (Å²) in [4.78, 5) is 11.4. The van der Waals surface area contributed by atoms with E-state index in [9.17, 15) is 4.79 Å². The summed E-state index contributed by atoms with van der Waals surface area (Å²) in [5.74, 6) is 0.450. The average molecular weight is 418 g/mol. The van der Waals surface area contributed by atoms with E-state index in [4.69, 9.17) is 26.4 Å². The topological polar surface area (TPSA) is 81.2 Å². The highest BCUT2D eigenvalue weighted by atomic mass is 79.9. The van der Waals surface area contributed by atoms with Crippen LogP contribution in [0.5, 0.6) is 11.5 Å². The predicted molar refractivity (Wildman–Crippen MR) is 99.8 cm³/mol. The first-order valence-corrected chi connectivity index (χ1v) is 8.44. The number of ether oxygens (including phenoxy) is 3. The van der Waals surface area contributed by atoms with Gasteiger partial charge in [0.25, 0.3) is 0 Å². The quantitative estimate of drug-likeness (QED) is 0.290. The summed E-state index contributed by atoms with van der Waals surface area (Å²) in [6.07, 6.45) is 1.59. The van der Waals surface area contributed by atoms with Crippen molar-refractivity contribution in [3.8, 4) is 11.5 Å². The number of esters is 1. The Morgan fingerprint density at radius 1 is 1.38 bits per heavy atom. The van der Waals surface area contributed by atoms with E-state index in [2.05, 4.69) is 31.8 Å². The molecule has 0 saturated heterocycles. The lowest BCUT2D eigenvalue weighted by molar-refractivity contribution is -0.145. The summed E-state index contributed by atoms with van der Waals surface area (Å²) in [7, 11) is 1.51. The van der Waals surface area contributed by atoms with Crippen LogP contribution in [-0.2, 0) is 9.53 Å². The van der Waals surface area contributed by atoms with E-state index < -0.39 is 5.97 Å². The summed E-state index contributed by atoms with van der Waals surface area (Å²) in [6.45, 7) is 4.50. The molecule has 0 spiro atoms. The number of nitrogens with one attached hydrogen (secondary N) is 2. The maximum Gasteiger partial charge on any atom is 0.344 e. The van der Waals surface area contributed by atoms with E-state index in [1.54, 1.807) is 25.3 Å². The van der Waals surface area contributed by atoms with Gasteiger partial charge in [-0.3, -0.25) is 5.43 Å². The average Bonchev–Trinajstić information content (AvgIpc) is 2.55. The molecule has 0 bridgehead atoms. The van der Waals surface area contributed by atoms with Crippen molar-refractivity contribution >= 4 is 45.4 Å². The molecular formula is C15H20BrN3O4S. The van der Waals surface area contributed by atoms with Crippen LogP contribution in [-0.4, -0.2) is 44.2 Å². The molecule has 1 rings (SSSR count). The van der Waals surface area contributed by atoms with E-state index in [-0.39, 0.29) is 6.61 Å². The molecule has 1 aromatic carbocycles. The fourth-order valence-corrected chi connectivity index (χ4v) is 2.24. The summed E-state index contributed by atoms with van der Waals surface area (Å²) in [6, 6.07) is 3.42. The van der Waals surface area contributed by atoms with Crippen molar-refractivity contribution in [2.75, 3.05) is 26.9 Å². The highest BCUT2D eigenvalue weighted by Crippen LogP contribution is 2.32. The Kier molecular flexibility index (Phi) is 9.10. The maximum absolute atomic E-state index is 11.4. The Morgan fingerprint density at radius 2 is 2.12 bits per heavy atom. The van der Waals surface area contributed by atoms with E-state index in [0.29, 0.717) is 29.8 Å². The van der Waals surface area contributed by atoms with E-state index in [1.165, 1.54) is 7.11 Å². The number of benzene rings is 1. The minimum absolute atomic E-state index is 0.192. The Labute approximate surface area is 154 Å². The molecule has 24 heavy (non-hydrogen) atoms. The zero-order valence-corrected chi connectivity index (χ0v) is 16.1. The van der Waals surface area contributed by atoms with Gasteiger partial charge in [0.15, 0.2) is 23.2 Å². The standard InChI is InChI=1S/C15H20BrN3O4S/c1-4-17-15(24)19-18-8-10-6-12(21-3)13(7-11(10)16)23-9-14(20)22-5-2/h6-8H,4-5,9H2,1-3H3,(H2,17,19,24)/b18-8-.